The van der Waals surface area contributed by atoms with Gasteiger partial charge in [0.25, 0.3) is 0 Å². The van der Waals surface area contributed by atoms with Crippen LogP contribution in [0.2, 0.25) is 0 Å². The van der Waals surface area contributed by atoms with Gasteiger partial charge in [-0.05, 0) is 73.4 Å². The Morgan fingerprint density at radius 2 is 1.68 bits per heavy atom. The van der Waals surface area contributed by atoms with Crippen molar-refractivity contribution in [3.8, 4) is 5.75 Å². The molecule has 0 aliphatic heterocycles. The third-order valence-electron chi connectivity index (χ3n) is 6.52. The van der Waals surface area contributed by atoms with Gasteiger partial charge in [-0.3, -0.25) is 19.3 Å². The molecule has 0 radical (unpaired) electrons. The largest absolute Gasteiger partial charge is 0.508 e. The minimum atomic E-state index is -1.04. The number of carbonyl (C=O) groups excluding carboxylic acids is 3. The lowest BCUT2D eigenvalue weighted by molar-refractivity contribution is -0.127. The van der Waals surface area contributed by atoms with Crippen molar-refractivity contribution in [3.63, 3.8) is 0 Å². The van der Waals surface area contributed by atoms with Gasteiger partial charge in [0.1, 0.15) is 23.4 Å². The lowest BCUT2D eigenvalue weighted by Gasteiger charge is -2.32. The molecule has 1 saturated carbocycles. The zero-order valence-corrected chi connectivity index (χ0v) is 21.0. The van der Waals surface area contributed by atoms with E-state index in [1.165, 1.54) is 41.3 Å². The molecule has 1 aromatic heterocycles. The predicted molar refractivity (Wildman–Crippen MR) is 142 cm³/mol. The van der Waals surface area contributed by atoms with Gasteiger partial charge in [-0.15, -0.1) is 0 Å². The maximum atomic E-state index is 13.8. The fourth-order valence-electron chi connectivity index (χ4n) is 4.63. The molecule has 1 aliphatic carbocycles. The predicted octanol–water partition coefficient (Wildman–Crippen LogP) is 4.87. The molecular weight excluding hydrogens is 487 g/mol. The zero-order chi connectivity index (χ0) is 26.9. The number of aromatic hydroxyl groups is 1. The van der Waals surface area contributed by atoms with Crippen LogP contribution in [0.4, 0.5) is 15.9 Å². The number of anilines is 2. The summed E-state index contributed by atoms with van der Waals surface area (Å²) >= 11 is 0. The molecule has 0 spiro atoms. The highest BCUT2D eigenvalue weighted by Gasteiger charge is 2.34. The van der Waals surface area contributed by atoms with Gasteiger partial charge >= 0.3 is 0 Å². The summed E-state index contributed by atoms with van der Waals surface area (Å²) in [4.78, 5) is 45.1. The van der Waals surface area contributed by atoms with Crippen molar-refractivity contribution >= 4 is 29.2 Å². The monoisotopic (exact) mass is 518 g/mol. The maximum absolute atomic E-state index is 13.8. The van der Waals surface area contributed by atoms with Crippen LogP contribution in [-0.2, 0) is 14.4 Å². The quantitative estimate of drug-likeness (QED) is 0.355. The minimum absolute atomic E-state index is 0.0156. The second-order valence-electron chi connectivity index (χ2n) is 9.34. The third kappa shape index (κ3) is 7.15. The summed E-state index contributed by atoms with van der Waals surface area (Å²) in [5.41, 5.74) is 0.859. The highest BCUT2D eigenvalue weighted by molar-refractivity contribution is 6.01. The van der Waals surface area contributed by atoms with Crippen molar-refractivity contribution in [2.45, 2.75) is 57.0 Å². The number of rotatable bonds is 10. The molecule has 0 saturated heterocycles. The van der Waals surface area contributed by atoms with E-state index in [1.54, 1.807) is 36.5 Å². The summed E-state index contributed by atoms with van der Waals surface area (Å²) in [6.07, 6.45) is 5.65. The molecule has 0 unspecified atom stereocenters. The van der Waals surface area contributed by atoms with Crippen LogP contribution >= 0.6 is 0 Å². The van der Waals surface area contributed by atoms with Crippen LogP contribution in [0.5, 0.6) is 5.75 Å². The highest BCUT2D eigenvalue weighted by Crippen LogP contribution is 2.31. The fourth-order valence-corrected chi connectivity index (χ4v) is 4.63. The summed E-state index contributed by atoms with van der Waals surface area (Å²) in [6.45, 7) is 0. The Kier molecular flexibility index (Phi) is 9.02. The van der Waals surface area contributed by atoms with E-state index in [0.717, 1.165) is 25.7 Å². The standard InChI is InChI=1S/C29H31FN4O4/c30-21-13-15-23(16-14-21)34(27(37)10-5-9-26(36)33-25-8-3-4-19-31-25)28(20-11-17-24(35)18-12-20)29(38)32-22-6-1-2-7-22/h3-4,8,11-19,22,28,35H,1-2,5-7,9-10H2,(H,32,38)(H,31,33,36)/t28-/m1/s1. The number of benzene rings is 2. The van der Waals surface area contributed by atoms with Crippen LogP contribution in [0.1, 0.15) is 56.6 Å². The minimum Gasteiger partial charge on any atom is -0.508 e. The van der Waals surface area contributed by atoms with Crippen molar-refractivity contribution in [1.29, 1.82) is 0 Å². The molecule has 3 N–H and O–H groups in total. The molecule has 1 fully saturated rings. The van der Waals surface area contributed by atoms with Gasteiger partial charge in [0, 0.05) is 30.8 Å². The van der Waals surface area contributed by atoms with Gasteiger partial charge in [0.2, 0.25) is 17.7 Å². The van der Waals surface area contributed by atoms with Crippen molar-refractivity contribution in [1.82, 2.24) is 10.3 Å². The molecule has 1 aliphatic rings. The number of hydrogen-bond acceptors (Lipinski definition) is 5. The van der Waals surface area contributed by atoms with Crippen molar-refractivity contribution < 1.29 is 23.9 Å². The molecule has 3 amide bonds. The number of aromatic nitrogens is 1. The summed E-state index contributed by atoms with van der Waals surface area (Å²) in [6, 6.07) is 15.6. The Labute approximate surface area is 220 Å². The normalized spacial score (nSPS) is 14.0. The summed E-state index contributed by atoms with van der Waals surface area (Å²) in [5, 5.41) is 15.6. The fraction of sp³-hybridized carbons (Fsp3) is 0.310. The molecule has 8 nitrogen and oxygen atoms in total. The number of phenols is 1. The molecule has 3 aromatic rings. The Morgan fingerprint density at radius 3 is 2.34 bits per heavy atom. The van der Waals surface area contributed by atoms with E-state index >= 15 is 0 Å². The van der Waals surface area contributed by atoms with Crippen LogP contribution in [0.25, 0.3) is 0 Å². The number of amides is 3. The number of hydrogen-bond donors (Lipinski definition) is 3. The van der Waals surface area contributed by atoms with Gasteiger partial charge in [-0.25, -0.2) is 9.37 Å². The molecule has 38 heavy (non-hydrogen) atoms. The average molecular weight is 519 g/mol. The molecule has 4 rings (SSSR count). The van der Waals surface area contributed by atoms with Crippen LogP contribution in [0.3, 0.4) is 0 Å². The number of pyridine rings is 1. The number of halogens is 1. The average Bonchev–Trinajstić information content (AvgIpc) is 3.42. The lowest BCUT2D eigenvalue weighted by Crippen LogP contribution is -2.46. The first kappa shape index (κ1) is 26.8. The van der Waals surface area contributed by atoms with Crippen molar-refractivity contribution in [3.05, 3.63) is 84.3 Å². The van der Waals surface area contributed by atoms with Crippen LogP contribution in [-0.4, -0.2) is 33.9 Å². The number of phenolic OH excluding ortho intramolecular Hbond substituents is 1. The van der Waals surface area contributed by atoms with E-state index in [-0.39, 0.29) is 48.8 Å². The second-order valence-corrected chi connectivity index (χ2v) is 9.34. The molecule has 0 bridgehead atoms. The first-order chi connectivity index (χ1) is 18.4. The topological polar surface area (TPSA) is 112 Å². The Balaban J connectivity index is 1.56. The molecular formula is C29H31FN4O4. The van der Waals surface area contributed by atoms with E-state index in [0.29, 0.717) is 17.1 Å². The highest BCUT2D eigenvalue weighted by atomic mass is 19.1. The van der Waals surface area contributed by atoms with Gasteiger partial charge in [0.05, 0.1) is 0 Å². The van der Waals surface area contributed by atoms with Gasteiger partial charge in [-0.2, -0.15) is 0 Å². The van der Waals surface area contributed by atoms with E-state index in [1.807, 2.05) is 0 Å². The molecule has 198 valence electrons. The Bertz CT molecular complexity index is 1230. The summed E-state index contributed by atoms with van der Waals surface area (Å²) < 4.78 is 13.8. The van der Waals surface area contributed by atoms with E-state index < -0.39 is 11.9 Å². The van der Waals surface area contributed by atoms with Crippen LogP contribution in [0.15, 0.2) is 72.9 Å². The summed E-state index contributed by atoms with van der Waals surface area (Å²) in [5.74, 6) is -1.03. The van der Waals surface area contributed by atoms with Gasteiger partial charge in [-0.1, -0.05) is 31.0 Å². The second kappa shape index (κ2) is 12.8. The molecule has 1 heterocycles. The van der Waals surface area contributed by atoms with Gasteiger partial charge < -0.3 is 15.7 Å². The zero-order valence-electron chi connectivity index (χ0n) is 21.0. The third-order valence-corrected chi connectivity index (χ3v) is 6.52. The number of nitrogens with zero attached hydrogens (tertiary/aromatic N) is 2. The smallest absolute Gasteiger partial charge is 0.248 e. The maximum Gasteiger partial charge on any atom is 0.248 e. The molecule has 1 atom stereocenters. The van der Waals surface area contributed by atoms with Crippen molar-refractivity contribution in [2.75, 3.05) is 10.2 Å². The van der Waals surface area contributed by atoms with E-state index in [4.69, 9.17) is 0 Å². The summed E-state index contributed by atoms with van der Waals surface area (Å²) in [7, 11) is 0. The number of carbonyl (C=O) groups is 3. The van der Waals surface area contributed by atoms with E-state index in [2.05, 4.69) is 15.6 Å². The Hall–Kier alpha value is -4.27. The van der Waals surface area contributed by atoms with E-state index in [9.17, 15) is 23.9 Å². The first-order valence-corrected chi connectivity index (χ1v) is 12.8. The van der Waals surface area contributed by atoms with Gasteiger partial charge in [0.15, 0.2) is 0 Å². The van der Waals surface area contributed by atoms with Crippen LogP contribution < -0.4 is 15.5 Å². The van der Waals surface area contributed by atoms with Crippen molar-refractivity contribution in [2.24, 2.45) is 0 Å². The number of nitrogens with one attached hydrogen (secondary N) is 2. The first-order valence-electron chi connectivity index (χ1n) is 12.8. The molecule has 9 heteroatoms. The molecule has 2 aromatic carbocycles. The van der Waals surface area contributed by atoms with Crippen LogP contribution in [0, 0.1) is 5.82 Å². The lowest BCUT2D eigenvalue weighted by atomic mass is 10.0. The SMILES string of the molecule is O=C(CCCC(=O)N(c1ccc(F)cc1)[C@@H](C(=O)NC1CCCC1)c1ccc(O)cc1)Nc1ccccn1. The Morgan fingerprint density at radius 1 is 0.974 bits per heavy atom.